The van der Waals surface area contributed by atoms with E-state index < -0.39 is 17.6 Å². The van der Waals surface area contributed by atoms with E-state index in [1.807, 2.05) is 32.0 Å². The van der Waals surface area contributed by atoms with Gasteiger partial charge in [-0.05, 0) is 56.2 Å². The van der Waals surface area contributed by atoms with Crippen molar-refractivity contribution in [3.8, 4) is 11.5 Å². The third-order valence-corrected chi connectivity index (χ3v) is 4.12. The predicted octanol–water partition coefficient (Wildman–Crippen LogP) is 3.57. The Labute approximate surface area is 166 Å². The van der Waals surface area contributed by atoms with Crippen molar-refractivity contribution < 1.29 is 28.2 Å². The van der Waals surface area contributed by atoms with E-state index in [1.54, 1.807) is 13.0 Å². The van der Waals surface area contributed by atoms with Crippen LogP contribution in [-0.4, -0.2) is 25.2 Å². The summed E-state index contributed by atoms with van der Waals surface area (Å²) in [4.78, 5) is 35.9. The van der Waals surface area contributed by atoms with Gasteiger partial charge < -0.3 is 18.6 Å². The number of aryl methyl sites for hydroxylation is 2. The number of hydrogen-bond donors (Lipinski definition) is 0. The Hall–Kier alpha value is -3.61. The lowest BCUT2D eigenvalue weighted by molar-refractivity contribution is -0.136. The van der Waals surface area contributed by atoms with Crippen LogP contribution in [0.15, 0.2) is 51.7 Å². The molecule has 1 heterocycles. The Kier molecular flexibility index (Phi) is 5.97. The Morgan fingerprint density at radius 2 is 1.83 bits per heavy atom. The molecule has 0 atom stereocenters. The fraction of sp³-hybridized carbons (Fsp3) is 0.227. The quantitative estimate of drug-likeness (QED) is 0.357. The molecular formula is C22H20O7. The lowest BCUT2D eigenvalue weighted by atomic mass is 10.1. The first-order valence-corrected chi connectivity index (χ1v) is 9.03. The molecule has 0 fully saturated rings. The smallest absolute Gasteiger partial charge is 0.351 e. The Bertz CT molecular complexity index is 1130. The predicted molar refractivity (Wildman–Crippen MR) is 105 cm³/mol. The molecule has 0 aliphatic heterocycles. The largest absolute Gasteiger partial charge is 0.482 e. The summed E-state index contributed by atoms with van der Waals surface area (Å²) in [6, 6.07) is 11.6. The lowest BCUT2D eigenvalue weighted by Crippen LogP contribution is -2.18. The zero-order valence-corrected chi connectivity index (χ0v) is 16.3. The van der Waals surface area contributed by atoms with Crippen molar-refractivity contribution in [2.75, 3.05) is 13.2 Å². The first-order valence-electron chi connectivity index (χ1n) is 9.03. The maximum Gasteiger partial charge on any atom is 0.351 e. The van der Waals surface area contributed by atoms with E-state index in [-0.39, 0.29) is 30.1 Å². The highest BCUT2D eigenvalue weighted by molar-refractivity contribution is 5.93. The summed E-state index contributed by atoms with van der Waals surface area (Å²) < 4.78 is 20.8. The maximum atomic E-state index is 12.1. The van der Waals surface area contributed by atoms with E-state index in [0.29, 0.717) is 11.1 Å². The van der Waals surface area contributed by atoms with Crippen LogP contribution >= 0.6 is 0 Å². The number of ether oxygens (including phenoxy) is 3. The number of rotatable bonds is 6. The average molecular weight is 396 g/mol. The molecule has 0 bridgehead atoms. The van der Waals surface area contributed by atoms with E-state index in [9.17, 15) is 14.4 Å². The highest BCUT2D eigenvalue weighted by Gasteiger charge is 2.16. The van der Waals surface area contributed by atoms with Crippen LogP contribution in [0.1, 0.15) is 28.4 Å². The van der Waals surface area contributed by atoms with E-state index in [4.69, 9.17) is 18.6 Å². The van der Waals surface area contributed by atoms with Gasteiger partial charge in [0.25, 0.3) is 0 Å². The normalized spacial score (nSPS) is 10.6. The molecule has 1 aromatic heterocycles. The fourth-order valence-corrected chi connectivity index (χ4v) is 2.67. The lowest BCUT2D eigenvalue weighted by Gasteiger charge is -2.10. The number of hydrogen-bond acceptors (Lipinski definition) is 7. The van der Waals surface area contributed by atoms with Gasteiger partial charge in [0.15, 0.2) is 6.61 Å². The number of esters is 2. The molecule has 0 radical (unpaired) electrons. The minimum Gasteiger partial charge on any atom is -0.482 e. The molecule has 0 saturated heterocycles. The van der Waals surface area contributed by atoms with Crippen molar-refractivity contribution >= 4 is 22.9 Å². The Balaban J connectivity index is 1.72. The van der Waals surface area contributed by atoms with Gasteiger partial charge in [-0.15, -0.1) is 0 Å². The van der Waals surface area contributed by atoms with Crippen molar-refractivity contribution in [3.63, 3.8) is 0 Å². The Morgan fingerprint density at radius 3 is 2.59 bits per heavy atom. The second-order valence-electron chi connectivity index (χ2n) is 6.40. The van der Waals surface area contributed by atoms with Crippen LogP contribution in [0.5, 0.6) is 11.5 Å². The SMILES string of the molecule is CCOC(=O)c1cc2ccc(OC(=O)COc3cc(C)ccc3C)cc2oc1=O. The maximum absolute atomic E-state index is 12.1. The molecule has 2 aromatic carbocycles. The van der Waals surface area contributed by atoms with Gasteiger partial charge in [0.05, 0.1) is 6.61 Å². The van der Waals surface area contributed by atoms with Crippen LogP contribution in [0.3, 0.4) is 0 Å². The molecule has 3 rings (SSSR count). The minimum absolute atomic E-state index is 0.148. The molecule has 29 heavy (non-hydrogen) atoms. The van der Waals surface area contributed by atoms with Crippen molar-refractivity contribution in [1.29, 1.82) is 0 Å². The molecule has 7 nitrogen and oxygen atoms in total. The van der Waals surface area contributed by atoms with Crippen LogP contribution in [-0.2, 0) is 9.53 Å². The number of benzene rings is 2. The summed E-state index contributed by atoms with van der Waals surface area (Å²) in [6.45, 7) is 5.34. The number of carbonyl (C=O) groups is 2. The molecule has 0 amide bonds. The molecule has 0 aliphatic rings. The average Bonchev–Trinajstić information content (AvgIpc) is 2.68. The zero-order valence-electron chi connectivity index (χ0n) is 16.3. The van der Waals surface area contributed by atoms with E-state index in [0.717, 1.165) is 11.1 Å². The van der Waals surface area contributed by atoms with Crippen LogP contribution in [0.2, 0.25) is 0 Å². The molecule has 0 aliphatic carbocycles. The second kappa shape index (κ2) is 8.60. The highest BCUT2D eigenvalue weighted by atomic mass is 16.6. The van der Waals surface area contributed by atoms with Crippen molar-refractivity contribution in [3.05, 3.63) is 69.6 Å². The molecule has 150 valence electrons. The van der Waals surface area contributed by atoms with Gasteiger partial charge in [0.2, 0.25) is 0 Å². The molecule has 3 aromatic rings. The molecule has 0 N–H and O–H groups in total. The van der Waals surface area contributed by atoms with Gasteiger partial charge in [0, 0.05) is 11.5 Å². The van der Waals surface area contributed by atoms with E-state index >= 15 is 0 Å². The van der Waals surface area contributed by atoms with Gasteiger partial charge in [-0.25, -0.2) is 14.4 Å². The first kappa shape index (κ1) is 20.1. The number of carbonyl (C=O) groups excluding carboxylic acids is 2. The van der Waals surface area contributed by atoms with E-state index in [2.05, 4.69) is 0 Å². The number of fused-ring (bicyclic) bond motifs is 1. The Morgan fingerprint density at radius 1 is 1.03 bits per heavy atom. The summed E-state index contributed by atoms with van der Waals surface area (Å²) in [7, 11) is 0. The minimum atomic E-state index is -0.822. The van der Waals surface area contributed by atoms with Crippen LogP contribution in [0.4, 0.5) is 0 Å². The molecular weight excluding hydrogens is 376 g/mol. The highest BCUT2D eigenvalue weighted by Crippen LogP contribution is 2.22. The third kappa shape index (κ3) is 4.82. The topological polar surface area (TPSA) is 92.0 Å². The fourth-order valence-electron chi connectivity index (χ4n) is 2.67. The summed E-state index contributed by atoms with van der Waals surface area (Å²) in [6.07, 6.45) is 0. The van der Waals surface area contributed by atoms with Crippen LogP contribution in [0, 0.1) is 13.8 Å². The summed E-state index contributed by atoms with van der Waals surface area (Å²) in [5.41, 5.74) is 1.10. The zero-order chi connectivity index (χ0) is 21.0. The van der Waals surface area contributed by atoms with Gasteiger partial charge in [-0.3, -0.25) is 0 Å². The summed E-state index contributed by atoms with van der Waals surface area (Å²) in [5, 5.41) is 0.499. The first-order chi connectivity index (χ1) is 13.9. The molecule has 7 heteroatoms. The second-order valence-corrected chi connectivity index (χ2v) is 6.40. The van der Waals surface area contributed by atoms with Crippen LogP contribution < -0.4 is 15.1 Å². The van der Waals surface area contributed by atoms with Gasteiger partial charge in [-0.1, -0.05) is 12.1 Å². The van der Waals surface area contributed by atoms with Crippen molar-refractivity contribution in [1.82, 2.24) is 0 Å². The summed E-state index contributed by atoms with van der Waals surface area (Å²) in [5.74, 6) is -0.546. The molecule has 0 saturated carbocycles. The summed E-state index contributed by atoms with van der Waals surface area (Å²) >= 11 is 0. The van der Waals surface area contributed by atoms with Crippen LogP contribution in [0.25, 0.3) is 11.0 Å². The van der Waals surface area contributed by atoms with Crippen molar-refractivity contribution in [2.24, 2.45) is 0 Å². The standard InChI is InChI=1S/C22H20O7/c1-4-26-21(24)17-10-15-7-8-16(11-19(15)29-22(17)25)28-20(23)12-27-18-9-13(2)5-6-14(18)3/h5-11H,4,12H2,1-3H3. The van der Waals surface area contributed by atoms with Gasteiger partial charge >= 0.3 is 17.6 Å². The van der Waals surface area contributed by atoms with Gasteiger partial charge in [-0.2, -0.15) is 0 Å². The monoisotopic (exact) mass is 396 g/mol. The molecule has 0 spiro atoms. The van der Waals surface area contributed by atoms with Crippen molar-refractivity contribution in [2.45, 2.75) is 20.8 Å². The molecule has 0 unspecified atom stereocenters. The third-order valence-electron chi connectivity index (χ3n) is 4.12. The van der Waals surface area contributed by atoms with E-state index in [1.165, 1.54) is 18.2 Å². The van der Waals surface area contributed by atoms with Gasteiger partial charge in [0.1, 0.15) is 22.6 Å².